The molecule has 1 heterocycles. The number of hydrogen-bond acceptors (Lipinski definition) is 2. The Morgan fingerprint density at radius 1 is 1.38 bits per heavy atom. The van der Waals surface area contributed by atoms with Gasteiger partial charge in [0.25, 0.3) is 0 Å². The zero-order valence-corrected chi connectivity index (χ0v) is 10.2. The van der Waals surface area contributed by atoms with Crippen molar-refractivity contribution in [3.05, 3.63) is 30.1 Å². The molecule has 0 aliphatic heterocycles. The fourth-order valence-electron chi connectivity index (χ4n) is 2.24. The number of nitrogens with one attached hydrogen (secondary N) is 1. The third-order valence-electron chi connectivity index (χ3n) is 3.34. The Morgan fingerprint density at radius 3 is 2.75 bits per heavy atom. The molecule has 1 aromatic rings. The maximum absolute atomic E-state index is 4.05. The van der Waals surface area contributed by atoms with Crippen molar-refractivity contribution in [3.8, 4) is 0 Å². The summed E-state index contributed by atoms with van der Waals surface area (Å²) in [4.78, 5) is 4.05. The van der Waals surface area contributed by atoms with Gasteiger partial charge in [0, 0.05) is 18.4 Å². The number of hydrogen-bond donors (Lipinski definition) is 1. The molecule has 88 valence electrons. The van der Waals surface area contributed by atoms with Crippen molar-refractivity contribution in [3.63, 3.8) is 0 Å². The molecule has 1 unspecified atom stereocenters. The molecule has 0 aromatic carbocycles. The monoisotopic (exact) mass is 218 g/mol. The molecule has 0 spiro atoms. The maximum atomic E-state index is 4.05. The van der Waals surface area contributed by atoms with Crippen LogP contribution in [0.4, 0.5) is 0 Å². The summed E-state index contributed by atoms with van der Waals surface area (Å²) in [7, 11) is 0. The van der Waals surface area contributed by atoms with Crippen molar-refractivity contribution in [1.82, 2.24) is 10.3 Å². The van der Waals surface area contributed by atoms with Gasteiger partial charge in [0.1, 0.15) is 0 Å². The Morgan fingerprint density at radius 2 is 2.12 bits per heavy atom. The summed E-state index contributed by atoms with van der Waals surface area (Å²) < 4.78 is 0. The van der Waals surface area contributed by atoms with Crippen molar-refractivity contribution >= 4 is 0 Å². The van der Waals surface area contributed by atoms with E-state index in [1.807, 2.05) is 12.4 Å². The Hall–Kier alpha value is -0.890. The van der Waals surface area contributed by atoms with Gasteiger partial charge in [0.15, 0.2) is 0 Å². The van der Waals surface area contributed by atoms with Gasteiger partial charge in [-0.2, -0.15) is 0 Å². The minimum absolute atomic E-state index is 0.714. The van der Waals surface area contributed by atoms with Gasteiger partial charge in [0.2, 0.25) is 0 Å². The van der Waals surface area contributed by atoms with Crippen LogP contribution >= 0.6 is 0 Å². The lowest BCUT2D eigenvalue weighted by Crippen LogP contribution is -2.29. The summed E-state index contributed by atoms with van der Waals surface area (Å²) in [5.74, 6) is 1.02. The van der Waals surface area contributed by atoms with Crippen molar-refractivity contribution in [2.24, 2.45) is 5.92 Å². The molecule has 1 fully saturated rings. The SMILES string of the molecule is CCNC(CCc1ccncc1)CC1CC1. The van der Waals surface area contributed by atoms with Crippen LogP contribution in [0.2, 0.25) is 0 Å². The minimum Gasteiger partial charge on any atom is -0.314 e. The lowest BCUT2D eigenvalue weighted by molar-refractivity contribution is 0.442. The highest BCUT2D eigenvalue weighted by molar-refractivity contribution is 5.09. The maximum Gasteiger partial charge on any atom is 0.0270 e. The second-order valence-electron chi connectivity index (χ2n) is 4.83. The van der Waals surface area contributed by atoms with Gasteiger partial charge in [-0.05, 0) is 49.4 Å². The molecule has 2 heteroatoms. The first-order valence-corrected chi connectivity index (χ1v) is 6.50. The van der Waals surface area contributed by atoms with Gasteiger partial charge in [-0.1, -0.05) is 19.8 Å². The predicted octanol–water partition coefficient (Wildman–Crippen LogP) is 2.79. The average molecular weight is 218 g/mol. The van der Waals surface area contributed by atoms with Crippen molar-refractivity contribution in [2.45, 2.75) is 45.1 Å². The summed E-state index contributed by atoms with van der Waals surface area (Å²) in [5, 5.41) is 3.61. The summed E-state index contributed by atoms with van der Waals surface area (Å²) in [6.45, 7) is 3.29. The van der Waals surface area contributed by atoms with Gasteiger partial charge in [-0.25, -0.2) is 0 Å². The molecule has 1 aromatic heterocycles. The van der Waals surface area contributed by atoms with E-state index in [0.717, 1.165) is 12.5 Å². The van der Waals surface area contributed by atoms with Crippen LogP contribution in [-0.4, -0.2) is 17.6 Å². The fraction of sp³-hybridized carbons (Fsp3) is 0.643. The topological polar surface area (TPSA) is 24.9 Å². The molecule has 0 amide bonds. The van der Waals surface area contributed by atoms with Gasteiger partial charge in [0.05, 0.1) is 0 Å². The summed E-state index contributed by atoms with van der Waals surface area (Å²) >= 11 is 0. The zero-order valence-electron chi connectivity index (χ0n) is 10.2. The zero-order chi connectivity index (χ0) is 11.2. The van der Waals surface area contributed by atoms with Gasteiger partial charge in [-0.15, -0.1) is 0 Å². The van der Waals surface area contributed by atoms with E-state index in [2.05, 4.69) is 29.4 Å². The Balaban J connectivity index is 1.76. The number of aromatic nitrogens is 1. The molecule has 1 saturated carbocycles. The minimum atomic E-state index is 0.714. The first-order valence-electron chi connectivity index (χ1n) is 6.50. The van der Waals surface area contributed by atoms with E-state index in [9.17, 15) is 0 Å². The molecule has 2 rings (SSSR count). The molecule has 1 aliphatic carbocycles. The lowest BCUT2D eigenvalue weighted by Gasteiger charge is -2.17. The number of nitrogens with zero attached hydrogens (tertiary/aromatic N) is 1. The normalized spacial score (nSPS) is 17.3. The van der Waals surface area contributed by atoms with Crippen LogP contribution in [0.5, 0.6) is 0 Å². The molecule has 1 aliphatic rings. The van der Waals surface area contributed by atoms with Crippen molar-refractivity contribution in [1.29, 1.82) is 0 Å². The molecule has 16 heavy (non-hydrogen) atoms. The van der Waals surface area contributed by atoms with Crippen LogP contribution in [0.3, 0.4) is 0 Å². The molecule has 0 saturated heterocycles. The Kier molecular flexibility index (Phi) is 4.34. The highest BCUT2D eigenvalue weighted by atomic mass is 14.9. The highest BCUT2D eigenvalue weighted by Gasteiger charge is 2.24. The molecular weight excluding hydrogens is 196 g/mol. The average Bonchev–Trinajstić information content (AvgIpc) is 3.12. The predicted molar refractivity (Wildman–Crippen MR) is 67.4 cm³/mol. The van der Waals surface area contributed by atoms with E-state index in [4.69, 9.17) is 0 Å². The first kappa shape index (κ1) is 11.6. The largest absolute Gasteiger partial charge is 0.314 e. The summed E-state index contributed by atoms with van der Waals surface area (Å²) in [6, 6.07) is 4.96. The third kappa shape index (κ3) is 3.93. The van der Waals surface area contributed by atoms with E-state index in [1.54, 1.807) is 0 Å². The lowest BCUT2D eigenvalue weighted by atomic mass is 10.0. The van der Waals surface area contributed by atoms with E-state index in [-0.39, 0.29) is 0 Å². The van der Waals surface area contributed by atoms with Gasteiger partial charge >= 0.3 is 0 Å². The quantitative estimate of drug-likeness (QED) is 0.761. The molecule has 1 N–H and O–H groups in total. The van der Waals surface area contributed by atoms with Crippen molar-refractivity contribution < 1.29 is 0 Å². The van der Waals surface area contributed by atoms with Gasteiger partial charge < -0.3 is 5.32 Å². The second kappa shape index (κ2) is 6.00. The second-order valence-corrected chi connectivity index (χ2v) is 4.83. The number of pyridine rings is 1. The molecule has 2 nitrogen and oxygen atoms in total. The first-order chi connectivity index (χ1) is 7.88. The molecule has 0 radical (unpaired) electrons. The van der Waals surface area contributed by atoms with E-state index in [1.165, 1.54) is 37.7 Å². The van der Waals surface area contributed by atoms with Crippen LogP contribution in [-0.2, 0) is 6.42 Å². The van der Waals surface area contributed by atoms with Crippen molar-refractivity contribution in [2.75, 3.05) is 6.54 Å². The number of rotatable bonds is 7. The summed E-state index contributed by atoms with van der Waals surface area (Å²) in [5.41, 5.74) is 1.41. The van der Waals surface area contributed by atoms with Crippen LogP contribution in [0.15, 0.2) is 24.5 Å². The fourth-order valence-corrected chi connectivity index (χ4v) is 2.24. The van der Waals surface area contributed by atoms with Crippen LogP contribution in [0.25, 0.3) is 0 Å². The van der Waals surface area contributed by atoms with Crippen LogP contribution < -0.4 is 5.32 Å². The standard InChI is InChI=1S/C14H22N2/c1-2-16-14(11-13-3-4-13)6-5-12-7-9-15-10-8-12/h7-10,13-14,16H,2-6,11H2,1H3. The number of aryl methyl sites for hydroxylation is 1. The Bertz CT molecular complexity index is 293. The smallest absolute Gasteiger partial charge is 0.0270 e. The summed E-state index contributed by atoms with van der Waals surface area (Å²) in [6.07, 6.45) is 10.5. The van der Waals surface area contributed by atoms with Crippen LogP contribution in [0, 0.1) is 5.92 Å². The van der Waals surface area contributed by atoms with E-state index >= 15 is 0 Å². The third-order valence-corrected chi connectivity index (χ3v) is 3.34. The van der Waals surface area contributed by atoms with Gasteiger partial charge in [-0.3, -0.25) is 4.98 Å². The molecule has 1 atom stereocenters. The van der Waals surface area contributed by atoms with Crippen LogP contribution in [0.1, 0.15) is 38.2 Å². The Labute approximate surface area is 98.5 Å². The molecular formula is C14H22N2. The highest BCUT2D eigenvalue weighted by Crippen LogP contribution is 2.34. The van der Waals surface area contributed by atoms with E-state index < -0.39 is 0 Å². The molecule has 0 bridgehead atoms. The van der Waals surface area contributed by atoms with E-state index in [0.29, 0.717) is 6.04 Å².